The summed E-state index contributed by atoms with van der Waals surface area (Å²) in [5.41, 5.74) is 1.27. The Hall–Kier alpha value is -0.280. The third kappa shape index (κ3) is 3.35. The van der Waals surface area contributed by atoms with Gasteiger partial charge in [0.25, 0.3) is 0 Å². The van der Waals surface area contributed by atoms with Crippen molar-refractivity contribution in [1.82, 2.24) is 5.32 Å². The summed E-state index contributed by atoms with van der Waals surface area (Å²) in [5.74, 6) is 0. The molecule has 1 aromatic carbocycles. The molecule has 1 atom stereocenters. The first-order valence-electron chi connectivity index (χ1n) is 5.68. The third-order valence-electron chi connectivity index (χ3n) is 2.74. The van der Waals surface area contributed by atoms with Gasteiger partial charge in [-0.2, -0.15) is 0 Å². The van der Waals surface area contributed by atoms with Gasteiger partial charge < -0.3 is 5.32 Å². The minimum atomic E-state index is -0.381. The molecule has 0 saturated carbocycles. The number of nitrogens with one attached hydrogen (secondary N) is 1. The number of halogens is 2. The van der Waals surface area contributed by atoms with Crippen LogP contribution in [0.1, 0.15) is 12.5 Å². The number of thiophene rings is 1. The number of likely N-dealkylation sites (N-methyl/N-ethyl adjacent to an activating group) is 1. The Morgan fingerprint density at radius 2 is 2.12 bits per heavy atom. The molecule has 0 amide bonds. The smallest absolute Gasteiger partial charge is 0.123 e. The van der Waals surface area contributed by atoms with E-state index in [4.69, 9.17) is 23.2 Å². The molecule has 0 saturated heterocycles. The van der Waals surface area contributed by atoms with Crippen LogP contribution < -0.4 is 5.32 Å². The molecule has 0 aliphatic carbocycles. The topological polar surface area (TPSA) is 12.0 Å². The molecular weight excluding hydrogens is 273 g/mol. The molecule has 92 valence electrons. The Kier molecular flexibility index (Phi) is 4.69. The lowest BCUT2D eigenvalue weighted by Gasteiger charge is -2.18. The van der Waals surface area contributed by atoms with E-state index in [-0.39, 0.29) is 10.9 Å². The zero-order valence-corrected chi connectivity index (χ0v) is 11.9. The standard InChI is InChI=1S/C13H15Cl2NS/c1-2-16-11(13(14)15)8-9-3-4-12-10(7-9)5-6-17-12/h3-7,11,13,16H,2,8H2,1H3. The van der Waals surface area contributed by atoms with Crippen LogP contribution in [0.15, 0.2) is 29.6 Å². The van der Waals surface area contributed by atoms with E-state index in [1.54, 1.807) is 11.3 Å². The predicted molar refractivity (Wildman–Crippen MR) is 78.5 cm³/mol. The quantitative estimate of drug-likeness (QED) is 0.812. The Bertz CT molecular complexity index is 481. The average Bonchev–Trinajstić information content (AvgIpc) is 2.75. The van der Waals surface area contributed by atoms with E-state index in [0.29, 0.717) is 0 Å². The summed E-state index contributed by atoms with van der Waals surface area (Å²) >= 11 is 13.7. The van der Waals surface area contributed by atoms with Crippen molar-refractivity contribution in [2.24, 2.45) is 0 Å². The van der Waals surface area contributed by atoms with Crippen LogP contribution in [0.2, 0.25) is 0 Å². The summed E-state index contributed by atoms with van der Waals surface area (Å²) in [6.07, 6.45) is 0.858. The molecule has 2 rings (SSSR count). The predicted octanol–water partition coefficient (Wildman–Crippen LogP) is 4.23. The molecule has 1 unspecified atom stereocenters. The van der Waals surface area contributed by atoms with Crippen molar-refractivity contribution < 1.29 is 0 Å². The van der Waals surface area contributed by atoms with Gasteiger partial charge in [-0.25, -0.2) is 0 Å². The number of alkyl halides is 2. The zero-order chi connectivity index (χ0) is 12.3. The summed E-state index contributed by atoms with van der Waals surface area (Å²) < 4.78 is 1.32. The lowest BCUT2D eigenvalue weighted by atomic mass is 10.1. The summed E-state index contributed by atoms with van der Waals surface area (Å²) in [4.78, 5) is -0.381. The fourth-order valence-electron chi connectivity index (χ4n) is 1.91. The van der Waals surface area contributed by atoms with Crippen LogP contribution in [0.5, 0.6) is 0 Å². The van der Waals surface area contributed by atoms with E-state index in [1.165, 1.54) is 15.6 Å². The molecule has 1 aromatic heterocycles. The van der Waals surface area contributed by atoms with E-state index >= 15 is 0 Å². The molecule has 4 heteroatoms. The number of hydrogen-bond donors (Lipinski definition) is 1. The van der Waals surface area contributed by atoms with Crippen LogP contribution in [0.3, 0.4) is 0 Å². The SMILES string of the molecule is CCNC(Cc1ccc2sccc2c1)C(Cl)Cl. The van der Waals surface area contributed by atoms with Crippen molar-refractivity contribution in [3.63, 3.8) is 0 Å². The molecule has 0 fully saturated rings. The minimum Gasteiger partial charge on any atom is -0.311 e. The van der Waals surface area contributed by atoms with Crippen LogP contribution in [0, 0.1) is 0 Å². The Labute approximate surface area is 116 Å². The Morgan fingerprint density at radius 1 is 1.29 bits per heavy atom. The zero-order valence-electron chi connectivity index (χ0n) is 9.62. The highest BCUT2D eigenvalue weighted by Crippen LogP contribution is 2.23. The lowest BCUT2D eigenvalue weighted by Crippen LogP contribution is -2.36. The van der Waals surface area contributed by atoms with Crippen molar-refractivity contribution in [3.8, 4) is 0 Å². The van der Waals surface area contributed by atoms with Gasteiger partial charge in [-0.3, -0.25) is 0 Å². The maximum atomic E-state index is 5.97. The summed E-state index contributed by atoms with van der Waals surface area (Å²) in [6.45, 7) is 2.94. The van der Waals surface area contributed by atoms with Gasteiger partial charge in [0, 0.05) is 10.7 Å². The molecule has 0 bridgehead atoms. The van der Waals surface area contributed by atoms with Gasteiger partial charge in [0.2, 0.25) is 0 Å². The van der Waals surface area contributed by atoms with E-state index in [0.717, 1.165) is 13.0 Å². The molecule has 1 heterocycles. The summed E-state index contributed by atoms with van der Waals surface area (Å²) in [6, 6.07) is 8.78. The molecular formula is C13H15Cl2NS. The van der Waals surface area contributed by atoms with Gasteiger partial charge in [-0.05, 0) is 41.4 Å². The van der Waals surface area contributed by atoms with Crippen molar-refractivity contribution >= 4 is 44.6 Å². The lowest BCUT2D eigenvalue weighted by molar-refractivity contribution is 0.552. The molecule has 0 aliphatic rings. The van der Waals surface area contributed by atoms with Crippen molar-refractivity contribution in [2.45, 2.75) is 24.2 Å². The van der Waals surface area contributed by atoms with E-state index in [1.807, 2.05) is 0 Å². The molecule has 0 aliphatic heterocycles. The highest BCUT2D eigenvalue weighted by molar-refractivity contribution is 7.17. The molecule has 17 heavy (non-hydrogen) atoms. The maximum absolute atomic E-state index is 5.97. The van der Waals surface area contributed by atoms with Crippen LogP contribution in [-0.2, 0) is 6.42 Å². The van der Waals surface area contributed by atoms with Gasteiger partial charge in [-0.15, -0.1) is 34.5 Å². The first kappa shape index (κ1) is 13.2. The van der Waals surface area contributed by atoms with Gasteiger partial charge in [0.1, 0.15) is 4.84 Å². The number of benzene rings is 1. The summed E-state index contributed by atoms with van der Waals surface area (Å²) in [7, 11) is 0. The average molecular weight is 288 g/mol. The first-order chi connectivity index (χ1) is 8.20. The monoisotopic (exact) mass is 287 g/mol. The van der Waals surface area contributed by atoms with Crippen molar-refractivity contribution in [2.75, 3.05) is 6.54 Å². The highest BCUT2D eigenvalue weighted by Gasteiger charge is 2.16. The van der Waals surface area contributed by atoms with Crippen molar-refractivity contribution in [1.29, 1.82) is 0 Å². The minimum absolute atomic E-state index is 0.111. The fourth-order valence-corrected chi connectivity index (χ4v) is 3.04. The molecule has 1 N–H and O–H groups in total. The van der Waals surface area contributed by atoms with Gasteiger partial charge in [-0.1, -0.05) is 19.1 Å². The van der Waals surface area contributed by atoms with Gasteiger partial charge in [0.15, 0.2) is 0 Å². The molecule has 1 nitrogen and oxygen atoms in total. The van der Waals surface area contributed by atoms with E-state index in [2.05, 4.69) is 41.9 Å². The van der Waals surface area contributed by atoms with Gasteiger partial charge >= 0.3 is 0 Å². The van der Waals surface area contributed by atoms with Crippen molar-refractivity contribution in [3.05, 3.63) is 35.2 Å². The number of fused-ring (bicyclic) bond motifs is 1. The van der Waals surface area contributed by atoms with Crippen LogP contribution in [0.4, 0.5) is 0 Å². The first-order valence-corrected chi connectivity index (χ1v) is 7.43. The molecule has 0 spiro atoms. The number of rotatable bonds is 5. The largest absolute Gasteiger partial charge is 0.311 e. The molecule has 2 aromatic rings. The fraction of sp³-hybridized carbons (Fsp3) is 0.385. The second-order valence-corrected chi connectivity index (χ2v) is 6.11. The second kappa shape index (κ2) is 6.05. The van der Waals surface area contributed by atoms with Crippen LogP contribution in [0.25, 0.3) is 10.1 Å². The van der Waals surface area contributed by atoms with Crippen LogP contribution >= 0.6 is 34.5 Å². The van der Waals surface area contributed by atoms with E-state index in [9.17, 15) is 0 Å². The number of hydrogen-bond acceptors (Lipinski definition) is 2. The summed E-state index contributed by atoms with van der Waals surface area (Å²) in [5, 5.41) is 6.72. The Morgan fingerprint density at radius 3 is 2.82 bits per heavy atom. The third-order valence-corrected chi connectivity index (χ3v) is 4.25. The van der Waals surface area contributed by atoms with Crippen LogP contribution in [-0.4, -0.2) is 17.4 Å². The normalized spacial score (nSPS) is 13.4. The van der Waals surface area contributed by atoms with Gasteiger partial charge in [0.05, 0.1) is 0 Å². The molecule has 0 radical (unpaired) electrons. The van der Waals surface area contributed by atoms with E-state index < -0.39 is 0 Å². The maximum Gasteiger partial charge on any atom is 0.123 e. The Balaban J connectivity index is 2.15. The second-order valence-electron chi connectivity index (χ2n) is 4.00. The highest BCUT2D eigenvalue weighted by atomic mass is 35.5.